The van der Waals surface area contributed by atoms with Crippen molar-refractivity contribution in [2.45, 2.75) is 38.8 Å². The van der Waals surface area contributed by atoms with Gasteiger partial charge >= 0.3 is 6.03 Å². The van der Waals surface area contributed by atoms with Crippen LogP contribution in [-0.4, -0.2) is 29.3 Å². The molecule has 0 saturated carbocycles. The van der Waals surface area contributed by atoms with E-state index >= 15 is 0 Å². The van der Waals surface area contributed by atoms with Crippen LogP contribution in [0, 0.1) is 0 Å². The molecule has 18 heavy (non-hydrogen) atoms. The van der Waals surface area contributed by atoms with Crippen LogP contribution < -0.4 is 10.6 Å². The highest BCUT2D eigenvalue weighted by molar-refractivity contribution is 5.74. The average molecular weight is 250 g/mol. The molecule has 0 fully saturated rings. The molecule has 0 saturated heterocycles. The van der Waals surface area contributed by atoms with Gasteiger partial charge in [0, 0.05) is 18.5 Å². The number of carbonyl (C=O) groups excluding carboxylic acids is 1. The first kappa shape index (κ1) is 14.5. The van der Waals surface area contributed by atoms with Crippen molar-refractivity contribution in [2.24, 2.45) is 0 Å². The number of hydrogen-bond acceptors (Lipinski definition) is 2. The molecule has 0 heterocycles. The molecule has 1 rings (SSSR count). The van der Waals surface area contributed by atoms with Crippen LogP contribution in [0.5, 0.6) is 0 Å². The van der Waals surface area contributed by atoms with Crippen LogP contribution in [0.1, 0.15) is 26.3 Å². The van der Waals surface area contributed by atoms with Gasteiger partial charge in [0.2, 0.25) is 0 Å². The van der Waals surface area contributed by atoms with Crippen LogP contribution in [0.4, 0.5) is 4.79 Å². The molecule has 1 unspecified atom stereocenters. The smallest absolute Gasteiger partial charge is 0.315 e. The molecule has 0 aromatic heterocycles. The highest BCUT2D eigenvalue weighted by atomic mass is 16.3. The monoisotopic (exact) mass is 250 g/mol. The molecule has 1 atom stereocenters. The molecule has 1 aromatic carbocycles. The molecule has 0 aliphatic heterocycles. The van der Waals surface area contributed by atoms with Crippen molar-refractivity contribution < 1.29 is 9.90 Å². The Hall–Kier alpha value is -1.55. The van der Waals surface area contributed by atoms with Gasteiger partial charge < -0.3 is 15.7 Å². The normalized spacial score (nSPS) is 12.9. The predicted octanol–water partition coefficient (Wildman–Crippen LogP) is 1.69. The summed E-state index contributed by atoms with van der Waals surface area (Å²) in [4.78, 5) is 11.5. The standard InChI is InChI=1S/C14H22N2O2/c1-14(2,3)16-13(18)15-10-12(17)9-11-7-5-4-6-8-11/h4-8,12,17H,9-10H2,1-3H3,(H2,15,16,18). The number of aliphatic hydroxyl groups excluding tert-OH is 1. The molecule has 2 amide bonds. The van der Waals surface area contributed by atoms with Crippen LogP contribution in [0.2, 0.25) is 0 Å². The Morgan fingerprint density at radius 3 is 2.44 bits per heavy atom. The van der Waals surface area contributed by atoms with E-state index < -0.39 is 6.10 Å². The molecule has 4 nitrogen and oxygen atoms in total. The molecule has 0 aliphatic rings. The zero-order chi connectivity index (χ0) is 13.6. The number of urea groups is 1. The zero-order valence-corrected chi connectivity index (χ0v) is 11.2. The molecule has 0 spiro atoms. The van der Waals surface area contributed by atoms with Crippen LogP contribution in [-0.2, 0) is 6.42 Å². The largest absolute Gasteiger partial charge is 0.391 e. The third kappa shape index (κ3) is 6.25. The number of amides is 2. The summed E-state index contributed by atoms with van der Waals surface area (Å²) in [6.07, 6.45) is -0.0329. The maximum atomic E-state index is 11.5. The Morgan fingerprint density at radius 1 is 1.28 bits per heavy atom. The van der Waals surface area contributed by atoms with Gasteiger partial charge in [0.25, 0.3) is 0 Å². The molecule has 3 N–H and O–H groups in total. The lowest BCUT2D eigenvalue weighted by Crippen LogP contribution is -2.48. The summed E-state index contributed by atoms with van der Waals surface area (Å²) in [5.41, 5.74) is 0.789. The van der Waals surface area contributed by atoms with Gasteiger partial charge in [-0.15, -0.1) is 0 Å². The van der Waals surface area contributed by atoms with Crippen LogP contribution >= 0.6 is 0 Å². The van der Waals surface area contributed by atoms with E-state index in [-0.39, 0.29) is 18.1 Å². The summed E-state index contributed by atoms with van der Waals surface area (Å²) in [5.74, 6) is 0. The Morgan fingerprint density at radius 2 is 1.89 bits per heavy atom. The van der Waals surface area contributed by atoms with E-state index in [4.69, 9.17) is 0 Å². The fourth-order valence-corrected chi connectivity index (χ4v) is 1.55. The van der Waals surface area contributed by atoms with E-state index in [2.05, 4.69) is 10.6 Å². The summed E-state index contributed by atoms with van der Waals surface area (Å²) in [7, 11) is 0. The van der Waals surface area contributed by atoms with E-state index in [1.54, 1.807) is 0 Å². The van der Waals surface area contributed by atoms with Gasteiger partial charge in [0.1, 0.15) is 0 Å². The zero-order valence-electron chi connectivity index (χ0n) is 11.2. The van der Waals surface area contributed by atoms with Gasteiger partial charge in [-0.05, 0) is 26.3 Å². The fourth-order valence-electron chi connectivity index (χ4n) is 1.55. The third-order valence-corrected chi connectivity index (χ3v) is 2.30. The van der Waals surface area contributed by atoms with Crippen LogP contribution in [0.25, 0.3) is 0 Å². The minimum absolute atomic E-state index is 0.247. The van der Waals surface area contributed by atoms with E-state index in [0.717, 1.165) is 5.56 Å². The Labute approximate surface area is 108 Å². The first-order valence-corrected chi connectivity index (χ1v) is 6.15. The van der Waals surface area contributed by atoms with E-state index in [1.807, 2.05) is 51.1 Å². The molecule has 4 heteroatoms. The first-order valence-electron chi connectivity index (χ1n) is 6.15. The number of hydrogen-bond donors (Lipinski definition) is 3. The molecule has 100 valence electrons. The van der Waals surface area contributed by atoms with Crippen molar-refractivity contribution in [1.82, 2.24) is 10.6 Å². The minimum Gasteiger partial charge on any atom is -0.391 e. The van der Waals surface area contributed by atoms with Crippen LogP contribution in [0.3, 0.4) is 0 Å². The molecular formula is C14H22N2O2. The van der Waals surface area contributed by atoms with E-state index in [9.17, 15) is 9.90 Å². The summed E-state index contributed by atoms with van der Waals surface area (Å²) in [6.45, 7) is 5.98. The van der Waals surface area contributed by atoms with Crippen molar-refractivity contribution in [3.63, 3.8) is 0 Å². The number of benzene rings is 1. The molecule has 0 radical (unpaired) electrons. The Bertz CT molecular complexity index is 371. The predicted molar refractivity (Wildman–Crippen MR) is 72.4 cm³/mol. The summed E-state index contributed by atoms with van der Waals surface area (Å²) in [6, 6.07) is 9.46. The van der Waals surface area contributed by atoms with Crippen molar-refractivity contribution in [2.75, 3.05) is 6.54 Å². The van der Waals surface area contributed by atoms with Gasteiger partial charge in [0.05, 0.1) is 6.10 Å². The summed E-state index contributed by atoms with van der Waals surface area (Å²) in [5, 5.41) is 15.2. The maximum Gasteiger partial charge on any atom is 0.315 e. The van der Waals surface area contributed by atoms with Crippen LogP contribution in [0.15, 0.2) is 30.3 Å². The average Bonchev–Trinajstić information content (AvgIpc) is 2.25. The van der Waals surface area contributed by atoms with Crippen molar-refractivity contribution in [1.29, 1.82) is 0 Å². The summed E-state index contributed by atoms with van der Waals surface area (Å²) >= 11 is 0. The highest BCUT2D eigenvalue weighted by Crippen LogP contribution is 2.02. The quantitative estimate of drug-likeness (QED) is 0.761. The molecule has 0 aliphatic carbocycles. The molecular weight excluding hydrogens is 228 g/mol. The van der Waals surface area contributed by atoms with Gasteiger partial charge in [-0.2, -0.15) is 0 Å². The lowest BCUT2D eigenvalue weighted by molar-refractivity contribution is 0.169. The van der Waals surface area contributed by atoms with E-state index in [0.29, 0.717) is 6.42 Å². The summed E-state index contributed by atoms with van der Waals surface area (Å²) < 4.78 is 0. The second kappa shape index (κ2) is 6.40. The Kier molecular flexibility index (Phi) is 5.16. The van der Waals surface area contributed by atoms with Gasteiger partial charge in [-0.1, -0.05) is 30.3 Å². The number of carbonyl (C=O) groups is 1. The Balaban J connectivity index is 2.29. The number of nitrogens with one attached hydrogen (secondary N) is 2. The molecule has 0 bridgehead atoms. The second-order valence-electron chi connectivity index (χ2n) is 5.43. The first-order chi connectivity index (χ1) is 8.37. The third-order valence-electron chi connectivity index (χ3n) is 2.30. The number of rotatable bonds is 4. The van der Waals surface area contributed by atoms with E-state index in [1.165, 1.54) is 0 Å². The minimum atomic E-state index is -0.571. The fraction of sp³-hybridized carbons (Fsp3) is 0.500. The lowest BCUT2D eigenvalue weighted by Gasteiger charge is -2.21. The maximum absolute atomic E-state index is 11.5. The molecule has 1 aromatic rings. The van der Waals surface area contributed by atoms with Gasteiger partial charge in [-0.25, -0.2) is 4.79 Å². The highest BCUT2D eigenvalue weighted by Gasteiger charge is 2.14. The van der Waals surface area contributed by atoms with Crippen molar-refractivity contribution in [3.8, 4) is 0 Å². The van der Waals surface area contributed by atoms with Crippen molar-refractivity contribution >= 4 is 6.03 Å². The van der Waals surface area contributed by atoms with Crippen molar-refractivity contribution in [3.05, 3.63) is 35.9 Å². The lowest BCUT2D eigenvalue weighted by atomic mass is 10.1. The van der Waals surface area contributed by atoms with Gasteiger partial charge in [0.15, 0.2) is 0 Å². The second-order valence-corrected chi connectivity index (χ2v) is 5.43. The number of aliphatic hydroxyl groups is 1. The topological polar surface area (TPSA) is 61.4 Å². The van der Waals surface area contributed by atoms with Gasteiger partial charge in [-0.3, -0.25) is 0 Å². The SMILES string of the molecule is CC(C)(C)NC(=O)NCC(O)Cc1ccccc1.